The highest BCUT2D eigenvalue weighted by Crippen LogP contribution is 2.55. The van der Waals surface area contributed by atoms with E-state index in [1.807, 2.05) is 0 Å². The Morgan fingerprint density at radius 2 is 1.93 bits per heavy atom. The normalized spacial score (nSPS) is 34.0. The molecular formula is C14H20O. The summed E-state index contributed by atoms with van der Waals surface area (Å²) in [4.78, 5) is 12.0. The van der Waals surface area contributed by atoms with Crippen molar-refractivity contribution in [3.63, 3.8) is 0 Å². The first-order chi connectivity index (χ1) is 7.32. The lowest BCUT2D eigenvalue weighted by molar-refractivity contribution is -0.121. The molecule has 1 atom stereocenters. The number of carbonyl (C=O) groups is 1. The van der Waals surface area contributed by atoms with E-state index in [1.54, 1.807) is 5.57 Å². The Kier molecular flexibility index (Phi) is 2.22. The molecule has 0 aromatic rings. The maximum absolute atomic E-state index is 12.0. The number of hydrogen-bond donors (Lipinski definition) is 0. The molecule has 1 heteroatoms. The molecule has 82 valence electrons. The molecule has 1 nitrogen and oxygen atoms in total. The molecule has 0 radical (unpaired) electrons. The second kappa shape index (κ2) is 3.47. The average Bonchev–Trinajstić information content (AvgIpc) is 2.55. The number of fused-ring (bicyclic) bond motifs is 2. The van der Waals surface area contributed by atoms with Crippen LogP contribution in [0.2, 0.25) is 0 Å². The third-order valence-corrected chi connectivity index (χ3v) is 4.76. The van der Waals surface area contributed by atoms with Crippen LogP contribution in [0.4, 0.5) is 0 Å². The van der Waals surface area contributed by atoms with E-state index in [1.165, 1.54) is 44.9 Å². The van der Waals surface area contributed by atoms with Crippen molar-refractivity contribution in [2.24, 2.45) is 11.3 Å². The van der Waals surface area contributed by atoms with E-state index >= 15 is 0 Å². The summed E-state index contributed by atoms with van der Waals surface area (Å²) in [7, 11) is 0. The van der Waals surface area contributed by atoms with Crippen LogP contribution in [-0.4, -0.2) is 5.78 Å². The predicted octanol–water partition coefficient (Wildman–Crippen LogP) is 3.64. The Bertz CT molecular complexity index is 307. The van der Waals surface area contributed by atoms with E-state index in [0.29, 0.717) is 17.1 Å². The molecule has 0 N–H and O–H groups in total. The predicted molar refractivity (Wildman–Crippen MR) is 60.6 cm³/mol. The van der Waals surface area contributed by atoms with Gasteiger partial charge in [-0.2, -0.15) is 0 Å². The van der Waals surface area contributed by atoms with Gasteiger partial charge in [0.2, 0.25) is 0 Å². The molecule has 3 aliphatic carbocycles. The van der Waals surface area contributed by atoms with Crippen LogP contribution < -0.4 is 0 Å². The molecule has 0 saturated heterocycles. The highest BCUT2D eigenvalue weighted by molar-refractivity contribution is 5.89. The van der Waals surface area contributed by atoms with E-state index in [9.17, 15) is 4.79 Å². The molecular weight excluding hydrogens is 184 g/mol. The first-order valence-corrected chi connectivity index (χ1v) is 6.55. The van der Waals surface area contributed by atoms with Crippen LogP contribution in [-0.2, 0) is 4.79 Å². The van der Waals surface area contributed by atoms with Crippen molar-refractivity contribution in [2.45, 2.75) is 57.8 Å². The van der Waals surface area contributed by atoms with Gasteiger partial charge in [-0.15, -0.1) is 0 Å². The van der Waals surface area contributed by atoms with Crippen molar-refractivity contribution in [1.82, 2.24) is 0 Å². The number of rotatable bonds is 0. The third-order valence-electron chi connectivity index (χ3n) is 4.76. The lowest BCUT2D eigenvalue weighted by Gasteiger charge is -2.36. The first kappa shape index (κ1) is 9.62. The van der Waals surface area contributed by atoms with Gasteiger partial charge in [0.15, 0.2) is 0 Å². The monoisotopic (exact) mass is 204 g/mol. The standard InChI is InChI=1S/C14H20O/c15-13-10-14(8-4-1-5-9-14)12-7-3-2-6-11(12)13/h7,11H,1-6,8-10H2. The molecule has 1 spiro atoms. The van der Waals surface area contributed by atoms with Gasteiger partial charge in [0, 0.05) is 12.3 Å². The maximum atomic E-state index is 12.0. The summed E-state index contributed by atoms with van der Waals surface area (Å²) >= 11 is 0. The van der Waals surface area contributed by atoms with Gasteiger partial charge < -0.3 is 0 Å². The van der Waals surface area contributed by atoms with E-state index in [-0.39, 0.29) is 0 Å². The fraction of sp³-hybridized carbons (Fsp3) is 0.786. The summed E-state index contributed by atoms with van der Waals surface area (Å²) in [5.74, 6) is 0.903. The molecule has 0 bridgehead atoms. The quantitative estimate of drug-likeness (QED) is 0.551. The molecule has 2 saturated carbocycles. The van der Waals surface area contributed by atoms with Gasteiger partial charge in [-0.1, -0.05) is 30.9 Å². The van der Waals surface area contributed by atoms with Crippen LogP contribution in [0.25, 0.3) is 0 Å². The van der Waals surface area contributed by atoms with E-state index < -0.39 is 0 Å². The van der Waals surface area contributed by atoms with Gasteiger partial charge in [-0.25, -0.2) is 0 Å². The minimum absolute atomic E-state index is 0.344. The average molecular weight is 204 g/mol. The molecule has 2 fully saturated rings. The van der Waals surface area contributed by atoms with Gasteiger partial charge in [-0.3, -0.25) is 4.79 Å². The SMILES string of the molecule is O=C1CC2(CCCCC2)C2=CCCCC12. The summed E-state index contributed by atoms with van der Waals surface area (Å²) in [5, 5.41) is 0. The van der Waals surface area contributed by atoms with Gasteiger partial charge in [0.05, 0.1) is 0 Å². The number of ketones is 1. The zero-order valence-electron chi connectivity index (χ0n) is 9.43. The van der Waals surface area contributed by atoms with Crippen molar-refractivity contribution in [3.05, 3.63) is 11.6 Å². The van der Waals surface area contributed by atoms with Gasteiger partial charge in [0.1, 0.15) is 5.78 Å². The van der Waals surface area contributed by atoms with E-state index in [0.717, 1.165) is 12.8 Å². The molecule has 15 heavy (non-hydrogen) atoms. The summed E-state index contributed by atoms with van der Waals surface area (Å²) in [6.07, 6.45) is 13.6. The van der Waals surface area contributed by atoms with Gasteiger partial charge in [-0.05, 0) is 37.5 Å². The Hall–Kier alpha value is -0.590. The molecule has 3 rings (SSSR count). The minimum Gasteiger partial charge on any atom is -0.299 e. The molecule has 1 unspecified atom stereocenters. The van der Waals surface area contributed by atoms with E-state index in [2.05, 4.69) is 6.08 Å². The second-order valence-electron chi connectivity index (χ2n) is 5.63. The minimum atomic E-state index is 0.344. The third kappa shape index (κ3) is 1.39. The number of carbonyl (C=O) groups excluding carboxylic acids is 1. The number of allylic oxidation sites excluding steroid dienone is 2. The molecule has 0 aromatic heterocycles. The van der Waals surface area contributed by atoms with Crippen molar-refractivity contribution >= 4 is 5.78 Å². The Morgan fingerprint density at radius 3 is 2.73 bits per heavy atom. The molecule has 0 aliphatic heterocycles. The lowest BCUT2D eigenvalue weighted by atomic mass is 9.68. The van der Waals surface area contributed by atoms with Crippen LogP contribution in [0.5, 0.6) is 0 Å². The highest BCUT2D eigenvalue weighted by Gasteiger charge is 2.48. The van der Waals surface area contributed by atoms with Crippen LogP contribution in [0, 0.1) is 11.3 Å². The molecule has 0 aromatic carbocycles. The molecule has 0 amide bonds. The van der Waals surface area contributed by atoms with Crippen LogP contribution in [0.15, 0.2) is 11.6 Å². The molecule has 3 aliphatic rings. The Morgan fingerprint density at radius 1 is 1.13 bits per heavy atom. The Balaban J connectivity index is 1.96. The number of hydrogen-bond acceptors (Lipinski definition) is 1. The van der Waals surface area contributed by atoms with Gasteiger partial charge in [0.25, 0.3) is 0 Å². The first-order valence-electron chi connectivity index (χ1n) is 6.55. The highest BCUT2D eigenvalue weighted by atomic mass is 16.1. The summed E-state index contributed by atoms with van der Waals surface area (Å²) in [6, 6.07) is 0. The van der Waals surface area contributed by atoms with Crippen LogP contribution in [0.3, 0.4) is 0 Å². The van der Waals surface area contributed by atoms with Crippen molar-refractivity contribution in [1.29, 1.82) is 0 Å². The maximum Gasteiger partial charge on any atom is 0.140 e. The van der Waals surface area contributed by atoms with E-state index in [4.69, 9.17) is 0 Å². The largest absolute Gasteiger partial charge is 0.299 e. The fourth-order valence-corrected chi connectivity index (χ4v) is 4.05. The Labute approximate surface area is 91.9 Å². The van der Waals surface area contributed by atoms with Crippen LogP contribution >= 0.6 is 0 Å². The smallest absolute Gasteiger partial charge is 0.140 e. The fourth-order valence-electron chi connectivity index (χ4n) is 4.05. The van der Waals surface area contributed by atoms with Crippen molar-refractivity contribution in [3.8, 4) is 0 Å². The van der Waals surface area contributed by atoms with Crippen molar-refractivity contribution in [2.75, 3.05) is 0 Å². The summed E-state index contributed by atoms with van der Waals surface area (Å²) in [5.41, 5.74) is 1.92. The van der Waals surface area contributed by atoms with Crippen LogP contribution in [0.1, 0.15) is 57.8 Å². The summed E-state index contributed by atoms with van der Waals surface area (Å²) in [6.45, 7) is 0. The number of Topliss-reactive ketones (excluding diaryl/α,β-unsaturated/α-hetero) is 1. The zero-order valence-corrected chi connectivity index (χ0v) is 9.43. The van der Waals surface area contributed by atoms with Crippen molar-refractivity contribution < 1.29 is 4.79 Å². The second-order valence-corrected chi connectivity index (χ2v) is 5.63. The molecule has 0 heterocycles. The van der Waals surface area contributed by atoms with Gasteiger partial charge >= 0.3 is 0 Å². The topological polar surface area (TPSA) is 17.1 Å². The summed E-state index contributed by atoms with van der Waals surface area (Å²) < 4.78 is 0. The lowest BCUT2D eigenvalue weighted by Crippen LogP contribution is -2.24. The zero-order chi connectivity index (χ0) is 10.3.